The summed E-state index contributed by atoms with van der Waals surface area (Å²) in [5, 5.41) is 2.23. The summed E-state index contributed by atoms with van der Waals surface area (Å²) in [6.45, 7) is 0.751. The predicted molar refractivity (Wildman–Crippen MR) is 77.2 cm³/mol. The van der Waals surface area contributed by atoms with Gasteiger partial charge in [-0.05, 0) is 37.0 Å². The normalized spacial score (nSPS) is 17.8. The highest BCUT2D eigenvalue weighted by atomic mass is 16.2. The number of fused-ring (bicyclic) bond motifs is 1. The van der Waals surface area contributed by atoms with Crippen LogP contribution < -0.4 is 5.32 Å². The zero-order valence-electron chi connectivity index (χ0n) is 12.0. The Morgan fingerprint density at radius 2 is 1.86 bits per heavy atom. The van der Waals surface area contributed by atoms with Gasteiger partial charge in [-0.15, -0.1) is 0 Å². The Labute approximate surface area is 123 Å². The van der Waals surface area contributed by atoms with Crippen LogP contribution in [0.15, 0.2) is 18.2 Å². The second kappa shape index (κ2) is 5.31. The maximum Gasteiger partial charge on any atom is 0.258 e. The zero-order chi connectivity index (χ0) is 15.0. The smallest absolute Gasteiger partial charge is 0.258 e. The van der Waals surface area contributed by atoms with Crippen LogP contribution in [0.5, 0.6) is 0 Å². The van der Waals surface area contributed by atoms with E-state index in [1.54, 1.807) is 24.1 Å². The van der Waals surface area contributed by atoms with Crippen molar-refractivity contribution in [3.8, 4) is 0 Å². The zero-order valence-corrected chi connectivity index (χ0v) is 12.0. The molecule has 2 aliphatic rings. The number of hydrogen-bond acceptors (Lipinski definition) is 3. The van der Waals surface area contributed by atoms with E-state index in [-0.39, 0.29) is 5.91 Å². The molecular formula is C16H18N2O3. The molecule has 5 heteroatoms. The van der Waals surface area contributed by atoms with Gasteiger partial charge in [0, 0.05) is 19.2 Å². The molecule has 110 valence electrons. The first-order chi connectivity index (χ1) is 10.1. The fourth-order valence-corrected chi connectivity index (χ4v) is 3.18. The predicted octanol–water partition coefficient (Wildman–Crippen LogP) is 1.83. The minimum Gasteiger partial charge on any atom is -0.341 e. The van der Waals surface area contributed by atoms with Gasteiger partial charge in [0.25, 0.3) is 17.7 Å². The lowest BCUT2D eigenvalue weighted by Crippen LogP contribution is -2.31. The molecule has 1 heterocycles. The molecule has 0 aromatic heterocycles. The summed E-state index contributed by atoms with van der Waals surface area (Å²) >= 11 is 0. The summed E-state index contributed by atoms with van der Waals surface area (Å²) in [5.74, 6) is -0.341. The van der Waals surface area contributed by atoms with Crippen LogP contribution in [-0.4, -0.2) is 36.2 Å². The maximum absolute atomic E-state index is 12.4. The van der Waals surface area contributed by atoms with Gasteiger partial charge >= 0.3 is 0 Å². The minimum absolute atomic E-state index is 0.100. The molecule has 1 aliphatic heterocycles. The van der Waals surface area contributed by atoms with Gasteiger partial charge < -0.3 is 4.90 Å². The Bertz CT molecular complexity index is 618. The van der Waals surface area contributed by atoms with E-state index in [1.165, 1.54) is 31.7 Å². The summed E-state index contributed by atoms with van der Waals surface area (Å²) in [6.07, 6.45) is 4.85. The molecule has 1 aromatic rings. The van der Waals surface area contributed by atoms with E-state index in [0.29, 0.717) is 22.6 Å². The quantitative estimate of drug-likeness (QED) is 0.862. The summed E-state index contributed by atoms with van der Waals surface area (Å²) in [6, 6.07) is 4.68. The van der Waals surface area contributed by atoms with E-state index in [2.05, 4.69) is 5.32 Å². The van der Waals surface area contributed by atoms with Crippen LogP contribution in [0.1, 0.15) is 56.8 Å². The molecule has 3 rings (SSSR count). The molecule has 0 bridgehead atoms. The Kier molecular flexibility index (Phi) is 3.49. The molecule has 5 nitrogen and oxygen atoms in total. The third kappa shape index (κ3) is 2.55. The molecule has 1 aromatic carbocycles. The molecule has 3 amide bonds. The molecular weight excluding hydrogens is 268 g/mol. The number of imide groups is 1. The van der Waals surface area contributed by atoms with Crippen LogP contribution >= 0.6 is 0 Å². The monoisotopic (exact) mass is 286 g/mol. The van der Waals surface area contributed by atoms with Crippen LogP contribution in [0.2, 0.25) is 0 Å². The van der Waals surface area contributed by atoms with Crippen molar-refractivity contribution in [1.82, 2.24) is 10.2 Å². The van der Waals surface area contributed by atoms with Crippen molar-refractivity contribution in [2.45, 2.75) is 25.7 Å². The molecule has 0 radical (unpaired) electrons. The van der Waals surface area contributed by atoms with E-state index in [0.717, 1.165) is 6.54 Å². The minimum atomic E-state index is -0.428. The maximum atomic E-state index is 12.4. The number of hydrogen-bond donors (Lipinski definition) is 1. The van der Waals surface area contributed by atoms with Crippen molar-refractivity contribution in [2.75, 3.05) is 13.6 Å². The van der Waals surface area contributed by atoms with Crippen molar-refractivity contribution in [3.63, 3.8) is 0 Å². The van der Waals surface area contributed by atoms with E-state index >= 15 is 0 Å². The highest BCUT2D eigenvalue weighted by Gasteiger charge is 2.28. The van der Waals surface area contributed by atoms with Gasteiger partial charge in [0.2, 0.25) is 0 Å². The number of nitrogens with one attached hydrogen (secondary N) is 1. The highest BCUT2D eigenvalue weighted by Crippen LogP contribution is 2.26. The van der Waals surface area contributed by atoms with Gasteiger partial charge in [-0.2, -0.15) is 0 Å². The lowest BCUT2D eigenvalue weighted by atomic mass is 10.0. The van der Waals surface area contributed by atoms with E-state index in [4.69, 9.17) is 0 Å². The van der Waals surface area contributed by atoms with Crippen molar-refractivity contribution in [1.29, 1.82) is 0 Å². The number of nitrogens with zero attached hydrogens (tertiary/aromatic N) is 1. The third-order valence-electron chi connectivity index (χ3n) is 4.34. The fourth-order valence-electron chi connectivity index (χ4n) is 3.18. The van der Waals surface area contributed by atoms with Gasteiger partial charge in [0.05, 0.1) is 11.1 Å². The van der Waals surface area contributed by atoms with Crippen molar-refractivity contribution < 1.29 is 14.4 Å². The Balaban J connectivity index is 1.77. The topological polar surface area (TPSA) is 66.5 Å². The molecule has 1 saturated carbocycles. The number of amides is 3. The first-order valence-electron chi connectivity index (χ1n) is 7.31. The van der Waals surface area contributed by atoms with Gasteiger partial charge in [-0.3, -0.25) is 19.7 Å². The molecule has 1 fully saturated rings. The number of rotatable bonds is 3. The third-order valence-corrected chi connectivity index (χ3v) is 4.34. The Morgan fingerprint density at radius 1 is 1.19 bits per heavy atom. The first-order valence-corrected chi connectivity index (χ1v) is 7.31. The van der Waals surface area contributed by atoms with E-state index in [9.17, 15) is 14.4 Å². The van der Waals surface area contributed by atoms with Crippen LogP contribution in [0.25, 0.3) is 0 Å². The highest BCUT2D eigenvalue weighted by molar-refractivity contribution is 6.22. The molecule has 1 aliphatic carbocycles. The summed E-state index contributed by atoms with van der Waals surface area (Å²) in [4.78, 5) is 37.3. The largest absolute Gasteiger partial charge is 0.341 e. The molecule has 21 heavy (non-hydrogen) atoms. The van der Waals surface area contributed by atoms with E-state index in [1.807, 2.05) is 0 Å². The molecule has 0 unspecified atom stereocenters. The second-order valence-electron chi connectivity index (χ2n) is 5.88. The van der Waals surface area contributed by atoms with Gasteiger partial charge in [-0.1, -0.05) is 12.8 Å². The van der Waals surface area contributed by atoms with Gasteiger partial charge in [0.1, 0.15) is 0 Å². The van der Waals surface area contributed by atoms with Crippen LogP contribution in [-0.2, 0) is 0 Å². The lowest BCUT2D eigenvalue weighted by Gasteiger charge is -2.21. The number of carbonyl (C=O) groups is 3. The number of carbonyl (C=O) groups excluding carboxylic acids is 3. The van der Waals surface area contributed by atoms with Crippen LogP contribution in [0.3, 0.4) is 0 Å². The lowest BCUT2D eigenvalue weighted by molar-refractivity contribution is 0.0772. The molecule has 1 N–H and O–H groups in total. The molecule has 0 spiro atoms. The van der Waals surface area contributed by atoms with Gasteiger partial charge in [-0.25, -0.2) is 0 Å². The van der Waals surface area contributed by atoms with Crippen molar-refractivity contribution >= 4 is 17.7 Å². The Hall–Kier alpha value is -2.17. The fraction of sp³-hybridized carbons (Fsp3) is 0.438. The summed E-state index contributed by atoms with van der Waals surface area (Å²) < 4.78 is 0. The summed E-state index contributed by atoms with van der Waals surface area (Å²) in [5.41, 5.74) is 1.09. The van der Waals surface area contributed by atoms with Crippen LogP contribution in [0, 0.1) is 5.92 Å². The molecule has 0 atom stereocenters. The average Bonchev–Trinajstić information content (AvgIpc) is 3.07. The van der Waals surface area contributed by atoms with Crippen LogP contribution in [0.4, 0.5) is 0 Å². The second-order valence-corrected chi connectivity index (χ2v) is 5.88. The standard InChI is InChI=1S/C16H18N2O3/c1-18(9-10-4-2-3-5-10)16(21)11-6-7-12-13(8-11)15(20)17-14(12)19/h6-8,10H,2-5,9H2,1H3,(H,17,19,20). The number of benzene rings is 1. The average molecular weight is 286 g/mol. The first kappa shape index (κ1) is 13.8. The van der Waals surface area contributed by atoms with Gasteiger partial charge in [0.15, 0.2) is 0 Å². The molecule has 0 saturated heterocycles. The van der Waals surface area contributed by atoms with E-state index < -0.39 is 11.8 Å². The Morgan fingerprint density at radius 3 is 2.57 bits per heavy atom. The summed E-state index contributed by atoms with van der Waals surface area (Å²) in [7, 11) is 1.79. The SMILES string of the molecule is CN(CC1CCCC1)C(=O)c1ccc2c(c1)C(=O)NC2=O. The van der Waals surface area contributed by atoms with Crippen molar-refractivity contribution in [3.05, 3.63) is 34.9 Å². The van der Waals surface area contributed by atoms with Crippen molar-refractivity contribution in [2.24, 2.45) is 5.92 Å².